The van der Waals surface area contributed by atoms with Crippen LogP contribution < -0.4 is 0 Å². The topological polar surface area (TPSA) is 0 Å². The standard InChI is InChI=1S/C19H22/c1-4-8-15(2)13-19-14-18(12-11-16(19)3)17-9-6-5-7-10-17/h4-6,8-9,11-14H,7,10H2,1-3H3/b8-4-,15-13-. The summed E-state index contributed by atoms with van der Waals surface area (Å²) in [6, 6.07) is 6.78. The highest BCUT2D eigenvalue weighted by atomic mass is 14.1. The minimum atomic E-state index is 1.15. The number of hydrogen-bond donors (Lipinski definition) is 0. The molecule has 1 aromatic rings. The van der Waals surface area contributed by atoms with Crippen LogP contribution in [0, 0.1) is 6.92 Å². The van der Waals surface area contributed by atoms with Gasteiger partial charge in [0.25, 0.3) is 0 Å². The molecule has 0 amide bonds. The van der Waals surface area contributed by atoms with Gasteiger partial charge >= 0.3 is 0 Å². The largest absolute Gasteiger partial charge is 0.0874 e. The van der Waals surface area contributed by atoms with E-state index in [1.165, 1.54) is 27.8 Å². The fourth-order valence-electron chi connectivity index (χ4n) is 2.40. The fourth-order valence-corrected chi connectivity index (χ4v) is 2.40. The zero-order chi connectivity index (χ0) is 13.7. The Kier molecular flexibility index (Phi) is 4.57. The van der Waals surface area contributed by atoms with Gasteiger partial charge in [-0.1, -0.05) is 54.2 Å². The maximum atomic E-state index is 2.31. The van der Waals surface area contributed by atoms with E-state index in [0.717, 1.165) is 12.8 Å². The number of allylic oxidation sites excluding steroid dienone is 7. The molecule has 0 aromatic heterocycles. The van der Waals surface area contributed by atoms with Crippen molar-refractivity contribution in [3.05, 3.63) is 70.8 Å². The Hall–Kier alpha value is -1.82. The molecule has 19 heavy (non-hydrogen) atoms. The SMILES string of the molecule is C/C=C\C(C)=C/c1cc(C2=CC=CCC2)ccc1C. The molecule has 0 saturated heterocycles. The van der Waals surface area contributed by atoms with E-state index in [4.69, 9.17) is 0 Å². The van der Waals surface area contributed by atoms with Gasteiger partial charge in [-0.3, -0.25) is 0 Å². The van der Waals surface area contributed by atoms with Crippen LogP contribution in [0.4, 0.5) is 0 Å². The monoisotopic (exact) mass is 250 g/mol. The summed E-state index contributed by atoms with van der Waals surface area (Å²) in [6.07, 6.45) is 15.4. The van der Waals surface area contributed by atoms with Gasteiger partial charge in [0, 0.05) is 0 Å². The van der Waals surface area contributed by atoms with Crippen LogP contribution in [0.2, 0.25) is 0 Å². The van der Waals surface area contributed by atoms with Crippen LogP contribution >= 0.6 is 0 Å². The van der Waals surface area contributed by atoms with Crippen LogP contribution in [-0.4, -0.2) is 0 Å². The fraction of sp³-hybridized carbons (Fsp3) is 0.263. The molecule has 0 unspecified atom stereocenters. The molecule has 0 heterocycles. The lowest BCUT2D eigenvalue weighted by Crippen LogP contribution is -1.91. The maximum Gasteiger partial charge on any atom is -0.0218 e. The quantitative estimate of drug-likeness (QED) is 0.603. The highest BCUT2D eigenvalue weighted by molar-refractivity contribution is 5.72. The molecular weight excluding hydrogens is 228 g/mol. The number of hydrogen-bond acceptors (Lipinski definition) is 0. The third-order valence-electron chi connectivity index (χ3n) is 3.48. The smallest absolute Gasteiger partial charge is 0.0218 e. The van der Waals surface area contributed by atoms with E-state index in [0.29, 0.717) is 0 Å². The number of aryl methyl sites for hydroxylation is 1. The predicted molar refractivity (Wildman–Crippen MR) is 86.0 cm³/mol. The van der Waals surface area contributed by atoms with E-state index in [2.05, 4.69) is 75.4 Å². The Labute approximate surface area is 116 Å². The first kappa shape index (κ1) is 13.6. The van der Waals surface area contributed by atoms with E-state index < -0.39 is 0 Å². The average molecular weight is 250 g/mol. The van der Waals surface area contributed by atoms with Gasteiger partial charge in [0.1, 0.15) is 0 Å². The van der Waals surface area contributed by atoms with Crippen molar-refractivity contribution in [2.24, 2.45) is 0 Å². The predicted octanol–water partition coefficient (Wildman–Crippen LogP) is 5.71. The van der Waals surface area contributed by atoms with Crippen molar-refractivity contribution < 1.29 is 0 Å². The summed E-state index contributed by atoms with van der Waals surface area (Å²) in [5.41, 5.74) is 6.75. The van der Waals surface area contributed by atoms with E-state index >= 15 is 0 Å². The molecule has 1 aliphatic carbocycles. The van der Waals surface area contributed by atoms with Crippen LogP contribution in [0.25, 0.3) is 11.6 Å². The van der Waals surface area contributed by atoms with Crippen LogP contribution in [0.15, 0.2) is 54.2 Å². The second kappa shape index (κ2) is 6.38. The summed E-state index contributed by atoms with van der Waals surface area (Å²) in [5, 5.41) is 0. The average Bonchev–Trinajstić information content (AvgIpc) is 2.42. The molecule has 0 bridgehead atoms. The maximum absolute atomic E-state index is 2.31. The molecule has 1 aromatic carbocycles. The summed E-state index contributed by atoms with van der Waals surface area (Å²) < 4.78 is 0. The molecule has 98 valence electrons. The summed E-state index contributed by atoms with van der Waals surface area (Å²) >= 11 is 0. The van der Waals surface area contributed by atoms with E-state index in [9.17, 15) is 0 Å². The molecule has 0 fully saturated rings. The molecule has 0 aliphatic heterocycles. The Morgan fingerprint density at radius 3 is 2.79 bits per heavy atom. The van der Waals surface area contributed by atoms with Crippen molar-refractivity contribution in [3.63, 3.8) is 0 Å². The van der Waals surface area contributed by atoms with Gasteiger partial charge in [-0.05, 0) is 61.9 Å². The van der Waals surface area contributed by atoms with Crippen molar-refractivity contribution in [2.75, 3.05) is 0 Å². The highest BCUT2D eigenvalue weighted by Gasteiger charge is 2.05. The molecule has 0 saturated carbocycles. The third kappa shape index (κ3) is 3.57. The summed E-state index contributed by atoms with van der Waals surface area (Å²) in [4.78, 5) is 0. The normalized spacial score (nSPS) is 15.9. The van der Waals surface area contributed by atoms with E-state index in [1.807, 2.05) is 0 Å². The first-order chi connectivity index (χ1) is 9.20. The molecule has 1 aliphatic rings. The van der Waals surface area contributed by atoms with Crippen molar-refractivity contribution in [2.45, 2.75) is 33.6 Å². The minimum absolute atomic E-state index is 1.15. The van der Waals surface area contributed by atoms with Crippen LogP contribution in [0.3, 0.4) is 0 Å². The highest BCUT2D eigenvalue weighted by Crippen LogP contribution is 2.26. The lowest BCUT2D eigenvalue weighted by molar-refractivity contribution is 1.05. The second-order valence-electron chi connectivity index (χ2n) is 5.12. The van der Waals surface area contributed by atoms with Crippen molar-refractivity contribution >= 4 is 11.6 Å². The Morgan fingerprint density at radius 2 is 2.11 bits per heavy atom. The van der Waals surface area contributed by atoms with Gasteiger partial charge in [-0.2, -0.15) is 0 Å². The first-order valence-electron chi connectivity index (χ1n) is 6.98. The van der Waals surface area contributed by atoms with Gasteiger partial charge in [-0.25, -0.2) is 0 Å². The Bertz CT molecular complexity index is 566. The zero-order valence-corrected chi connectivity index (χ0v) is 12.1. The van der Waals surface area contributed by atoms with Crippen molar-refractivity contribution in [1.29, 1.82) is 0 Å². The van der Waals surface area contributed by atoms with E-state index in [-0.39, 0.29) is 0 Å². The van der Waals surface area contributed by atoms with Gasteiger partial charge in [-0.15, -0.1) is 0 Å². The van der Waals surface area contributed by atoms with Gasteiger partial charge < -0.3 is 0 Å². The minimum Gasteiger partial charge on any atom is -0.0874 e. The first-order valence-corrected chi connectivity index (χ1v) is 6.98. The second-order valence-corrected chi connectivity index (χ2v) is 5.12. The van der Waals surface area contributed by atoms with Gasteiger partial charge in [0.15, 0.2) is 0 Å². The molecular formula is C19H22. The molecule has 0 heteroatoms. The molecule has 0 N–H and O–H groups in total. The molecule has 0 atom stereocenters. The molecule has 0 nitrogen and oxygen atoms in total. The molecule has 2 rings (SSSR count). The summed E-state index contributed by atoms with van der Waals surface area (Å²) in [5.74, 6) is 0. The van der Waals surface area contributed by atoms with Gasteiger partial charge in [0.2, 0.25) is 0 Å². The van der Waals surface area contributed by atoms with Crippen molar-refractivity contribution in [1.82, 2.24) is 0 Å². The van der Waals surface area contributed by atoms with Crippen molar-refractivity contribution in [3.8, 4) is 0 Å². The summed E-state index contributed by atoms with van der Waals surface area (Å²) in [7, 11) is 0. The number of benzene rings is 1. The lowest BCUT2D eigenvalue weighted by atomic mass is 9.94. The third-order valence-corrected chi connectivity index (χ3v) is 3.48. The van der Waals surface area contributed by atoms with Crippen LogP contribution in [-0.2, 0) is 0 Å². The van der Waals surface area contributed by atoms with Crippen LogP contribution in [0.1, 0.15) is 43.4 Å². The lowest BCUT2D eigenvalue weighted by Gasteiger charge is -2.11. The molecule has 0 spiro atoms. The van der Waals surface area contributed by atoms with Gasteiger partial charge in [0.05, 0.1) is 0 Å². The zero-order valence-electron chi connectivity index (χ0n) is 12.1. The van der Waals surface area contributed by atoms with E-state index in [1.54, 1.807) is 0 Å². The summed E-state index contributed by atoms with van der Waals surface area (Å²) in [6.45, 7) is 6.38. The Morgan fingerprint density at radius 1 is 1.26 bits per heavy atom. The Balaban J connectivity index is 2.37. The van der Waals surface area contributed by atoms with Crippen LogP contribution in [0.5, 0.6) is 0 Å². The molecule has 0 radical (unpaired) electrons. The number of rotatable bonds is 3.